The third kappa shape index (κ3) is 42.0. The van der Waals surface area contributed by atoms with E-state index in [0.717, 1.165) is 83.5 Å². The van der Waals surface area contributed by atoms with Crippen molar-refractivity contribution >= 4 is 17.9 Å². The second-order valence-corrected chi connectivity index (χ2v) is 14.9. The molecule has 0 saturated heterocycles. The predicted octanol–water partition coefficient (Wildman–Crippen LogP) is 14.7. The van der Waals surface area contributed by atoms with Crippen LogP contribution in [0.25, 0.3) is 0 Å². The van der Waals surface area contributed by atoms with Gasteiger partial charge in [-0.1, -0.05) is 190 Å². The molecule has 0 aromatic heterocycles. The molecule has 0 aromatic carbocycles. The Bertz CT molecular complexity index is 1080. The van der Waals surface area contributed by atoms with E-state index in [1.165, 1.54) is 77.0 Å². The Morgan fingerprint density at radius 1 is 0.375 bits per heavy atom. The van der Waals surface area contributed by atoms with E-state index in [0.29, 0.717) is 19.3 Å². The first-order valence-corrected chi connectivity index (χ1v) is 22.9. The molecule has 0 bridgehead atoms. The molecule has 0 aromatic rings. The molecule has 0 saturated carbocycles. The summed E-state index contributed by atoms with van der Waals surface area (Å²) in [6, 6.07) is 0. The van der Waals surface area contributed by atoms with Crippen LogP contribution in [-0.2, 0) is 28.6 Å². The number of carbonyl (C=O) groups is 3. The van der Waals surface area contributed by atoms with Crippen LogP contribution in [0.4, 0.5) is 0 Å². The molecule has 0 N–H and O–H groups in total. The molecule has 0 rings (SSSR count). The van der Waals surface area contributed by atoms with Gasteiger partial charge in [-0.05, 0) is 70.6 Å². The first-order chi connectivity index (χ1) is 27.5. The second kappa shape index (κ2) is 44.6. The smallest absolute Gasteiger partial charge is 0.306 e. The first-order valence-electron chi connectivity index (χ1n) is 22.9. The molecule has 0 spiro atoms. The number of hydrogen-bond acceptors (Lipinski definition) is 6. The number of allylic oxidation sites excluding steroid dienone is 12. The maximum atomic E-state index is 12.7. The van der Waals surface area contributed by atoms with Crippen molar-refractivity contribution in [3.05, 3.63) is 72.9 Å². The van der Waals surface area contributed by atoms with Crippen LogP contribution in [0.3, 0.4) is 0 Å². The summed E-state index contributed by atoms with van der Waals surface area (Å²) in [6.45, 7) is 6.38. The average molecular weight is 781 g/mol. The molecule has 0 heterocycles. The zero-order valence-electron chi connectivity index (χ0n) is 36.4. The third-order valence-corrected chi connectivity index (χ3v) is 9.46. The summed E-state index contributed by atoms with van der Waals surface area (Å²) in [7, 11) is 0. The number of hydrogen-bond donors (Lipinski definition) is 0. The highest BCUT2D eigenvalue weighted by molar-refractivity contribution is 5.71. The van der Waals surface area contributed by atoms with Crippen LogP contribution < -0.4 is 0 Å². The molecule has 0 aliphatic heterocycles. The van der Waals surface area contributed by atoms with E-state index in [9.17, 15) is 14.4 Å². The van der Waals surface area contributed by atoms with Crippen LogP contribution in [0.2, 0.25) is 0 Å². The summed E-state index contributed by atoms with van der Waals surface area (Å²) in [5.41, 5.74) is 0. The van der Waals surface area contributed by atoms with Gasteiger partial charge in [0.05, 0.1) is 0 Å². The van der Waals surface area contributed by atoms with Gasteiger partial charge in [0.25, 0.3) is 0 Å². The quantitative estimate of drug-likeness (QED) is 0.0267. The fourth-order valence-corrected chi connectivity index (χ4v) is 6.00. The Hall–Kier alpha value is -3.15. The van der Waals surface area contributed by atoms with Crippen molar-refractivity contribution < 1.29 is 28.6 Å². The van der Waals surface area contributed by atoms with E-state index < -0.39 is 6.10 Å². The molecule has 1 atom stereocenters. The Balaban J connectivity index is 4.49. The lowest BCUT2D eigenvalue weighted by atomic mass is 10.1. The number of unbranched alkanes of at least 4 members (excludes halogenated alkanes) is 17. The zero-order valence-corrected chi connectivity index (χ0v) is 36.4. The van der Waals surface area contributed by atoms with Crippen molar-refractivity contribution in [1.82, 2.24) is 0 Å². The van der Waals surface area contributed by atoms with Gasteiger partial charge in [-0.25, -0.2) is 0 Å². The van der Waals surface area contributed by atoms with E-state index in [4.69, 9.17) is 14.2 Å². The molecule has 6 nitrogen and oxygen atoms in total. The molecule has 320 valence electrons. The summed E-state index contributed by atoms with van der Waals surface area (Å²) in [4.78, 5) is 37.7. The molecule has 56 heavy (non-hydrogen) atoms. The zero-order chi connectivity index (χ0) is 40.8. The highest BCUT2D eigenvalue weighted by Gasteiger charge is 2.19. The summed E-state index contributed by atoms with van der Waals surface area (Å²) < 4.78 is 16.6. The Morgan fingerprint density at radius 2 is 0.750 bits per heavy atom. The summed E-state index contributed by atoms with van der Waals surface area (Å²) in [5.74, 6) is -1.00. The second-order valence-electron chi connectivity index (χ2n) is 14.9. The summed E-state index contributed by atoms with van der Waals surface area (Å²) in [5, 5.41) is 0. The molecular weight excluding hydrogens is 697 g/mol. The van der Waals surface area contributed by atoms with E-state index in [-0.39, 0.29) is 37.5 Å². The fraction of sp³-hybridized carbons (Fsp3) is 0.700. The van der Waals surface area contributed by atoms with Crippen LogP contribution in [0, 0.1) is 0 Å². The fourth-order valence-electron chi connectivity index (χ4n) is 6.00. The summed E-state index contributed by atoms with van der Waals surface area (Å²) in [6.07, 6.45) is 54.7. The van der Waals surface area contributed by atoms with Crippen molar-refractivity contribution in [2.45, 2.75) is 213 Å². The first kappa shape index (κ1) is 52.9. The average Bonchev–Trinajstić information content (AvgIpc) is 3.19. The molecule has 0 radical (unpaired) electrons. The van der Waals surface area contributed by atoms with Crippen LogP contribution in [-0.4, -0.2) is 37.2 Å². The number of esters is 3. The molecule has 1 unspecified atom stereocenters. The Labute approximate surface area is 344 Å². The largest absolute Gasteiger partial charge is 0.462 e. The van der Waals surface area contributed by atoms with Crippen molar-refractivity contribution in [3.63, 3.8) is 0 Å². The van der Waals surface area contributed by atoms with Gasteiger partial charge in [0, 0.05) is 19.3 Å². The van der Waals surface area contributed by atoms with E-state index >= 15 is 0 Å². The van der Waals surface area contributed by atoms with E-state index in [1.54, 1.807) is 0 Å². The third-order valence-electron chi connectivity index (χ3n) is 9.46. The lowest BCUT2D eigenvalue weighted by Crippen LogP contribution is -2.30. The van der Waals surface area contributed by atoms with Crippen LogP contribution in [0.15, 0.2) is 72.9 Å². The monoisotopic (exact) mass is 781 g/mol. The van der Waals surface area contributed by atoms with Crippen LogP contribution in [0.1, 0.15) is 207 Å². The van der Waals surface area contributed by atoms with Gasteiger partial charge in [-0.15, -0.1) is 0 Å². The SMILES string of the molecule is CC/C=C\C/C=C\C/C=C\C/C=C\C/C=C\CCC(=O)OCC(COC(=O)CCCCCCCCCCCCC)OC(=O)CCCCCCC/C=C\CCCC. The number of rotatable bonds is 40. The van der Waals surface area contributed by atoms with Crippen molar-refractivity contribution in [1.29, 1.82) is 0 Å². The minimum absolute atomic E-state index is 0.101. The minimum atomic E-state index is -0.805. The maximum absolute atomic E-state index is 12.7. The standard InChI is InChI=1S/C50H84O6/c1-4-7-10-13-16-19-22-23-24-25-26-29-31-34-37-40-43-49(52)55-46-47(56-50(53)44-41-38-35-32-28-21-18-15-12-9-6-3)45-54-48(51)42-39-36-33-30-27-20-17-14-11-8-5-2/h7,10,15-16,18-19,23-24,26,29,34,37,47H,4-6,8-9,11-14,17,20-22,25,27-28,30-33,35-36,38-46H2,1-3H3/b10-7-,18-15-,19-16-,24-23-,29-26-,37-34-. The minimum Gasteiger partial charge on any atom is -0.462 e. The Kier molecular flexibility index (Phi) is 42.1. The van der Waals surface area contributed by atoms with Gasteiger partial charge in [0.1, 0.15) is 13.2 Å². The number of carbonyl (C=O) groups excluding carboxylic acids is 3. The molecular formula is C50H84O6. The predicted molar refractivity (Wildman–Crippen MR) is 238 cm³/mol. The van der Waals surface area contributed by atoms with Gasteiger partial charge >= 0.3 is 17.9 Å². The molecule has 0 aliphatic rings. The normalized spacial score (nSPS) is 12.7. The lowest BCUT2D eigenvalue weighted by molar-refractivity contribution is -0.166. The number of ether oxygens (including phenoxy) is 3. The van der Waals surface area contributed by atoms with Crippen molar-refractivity contribution in [2.75, 3.05) is 13.2 Å². The van der Waals surface area contributed by atoms with Gasteiger partial charge < -0.3 is 14.2 Å². The molecule has 0 amide bonds. The maximum Gasteiger partial charge on any atom is 0.306 e. The van der Waals surface area contributed by atoms with Gasteiger partial charge in [0.2, 0.25) is 0 Å². The van der Waals surface area contributed by atoms with Gasteiger partial charge in [-0.3, -0.25) is 14.4 Å². The van der Waals surface area contributed by atoms with E-state index in [2.05, 4.69) is 81.5 Å². The van der Waals surface area contributed by atoms with Gasteiger partial charge in [-0.2, -0.15) is 0 Å². The van der Waals surface area contributed by atoms with Gasteiger partial charge in [0.15, 0.2) is 6.10 Å². The Morgan fingerprint density at radius 3 is 1.25 bits per heavy atom. The van der Waals surface area contributed by atoms with Crippen LogP contribution in [0.5, 0.6) is 0 Å². The molecule has 6 heteroatoms. The van der Waals surface area contributed by atoms with E-state index in [1.807, 2.05) is 12.2 Å². The highest BCUT2D eigenvalue weighted by Crippen LogP contribution is 2.13. The lowest BCUT2D eigenvalue weighted by Gasteiger charge is -2.18. The van der Waals surface area contributed by atoms with Crippen molar-refractivity contribution in [3.8, 4) is 0 Å². The topological polar surface area (TPSA) is 78.9 Å². The summed E-state index contributed by atoms with van der Waals surface area (Å²) >= 11 is 0. The van der Waals surface area contributed by atoms with Crippen molar-refractivity contribution in [2.24, 2.45) is 0 Å². The molecule has 0 aliphatic carbocycles. The van der Waals surface area contributed by atoms with Crippen LogP contribution >= 0.6 is 0 Å². The highest BCUT2D eigenvalue weighted by atomic mass is 16.6. The molecule has 0 fully saturated rings.